The summed E-state index contributed by atoms with van der Waals surface area (Å²) in [6, 6.07) is 15.1. The Bertz CT molecular complexity index is 1210. The maximum Gasteiger partial charge on any atom is 0.138 e. The topological polar surface area (TPSA) is 78.3 Å². The number of furan rings is 1. The van der Waals surface area contributed by atoms with E-state index in [1.807, 2.05) is 37.3 Å². The molecule has 0 aliphatic rings. The smallest absolute Gasteiger partial charge is 0.138 e. The number of aromatic nitrogens is 1. The van der Waals surface area contributed by atoms with Crippen LogP contribution < -0.4 is 10.5 Å². The molecule has 2 atom stereocenters. The van der Waals surface area contributed by atoms with Crippen LogP contribution >= 0.6 is 0 Å². The number of nitrogens with zero attached hydrogens (tertiary/aromatic N) is 1. The second kappa shape index (κ2) is 10.1. The molecule has 0 saturated heterocycles. The van der Waals surface area contributed by atoms with Crippen molar-refractivity contribution in [2.75, 3.05) is 6.61 Å². The summed E-state index contributed by atoms with van der Waals surface area (Å²) in [7, 11) is -1.34. The molecule has 4 rings (SSSR count). The van der Waals surface area contributed by atoms with E-state index in [9.17, 15) is 8.60 Å². The second-order valence-corrected chi connectivity index (χ2v) is 9.06. The lowest BCUT2D eigenvalue weighted by atomic mass is 10.1. The third-order valence-electron chi connectivity index (χ3n) is 5.38. The zero-order valence-electron chi connectivity index (χ0n) is 17.8. The molecule has 0 radical (unpaired) electrons. The first-order valence-corrected chi connectivity index (χ1v) is 11.8. The van der Waals surface area contributed by atoms with E-state index in [0.717, 1.165) is 35.1 Å². The van der Waals surface area contributed by atoms with Gasteiger partial charge in [0.15, 0.2) is 0 Å². The molecule has 0 aliphatic carbocycles. The van der Waals surface area contributed by atoms with Gasteiger partial charge in [-0.2, -0.15) is 0 Å². The summed E-state index contributed by atoms with van der Waals surface area (Å²) in [6.07, 6.45) is 5.11. The van der Waals surface area contributed by atoms with Crippen LogP contribution in [0.25, 0.3) is 11.0 Å². The highest BCUT2D eigenvalue weighted by molar-refractivity contribution is 7.84. The SMILES string of the molecule is Cc1c(CS(=O)c2ccc(F)cc2)oc2cccc(OCCCC(N)c3cccnc3)c12. The maximum atomic E-state index is 13.1. The van der Waals surface area contributed by atoms with Crippen LogP contribution in [0.3, 0.4) is 0 Å². The van der Waals surface area contributed by atoms with Gasteiger partial charge in [0, 0.05) is 28.9 Å². The largest absolute Gasteiger partial charge is 0.493 e. The van der Waals surface area contributed by atoms with Crippen molar-refractivity contribution >= 4 is 21.8 Å². The molecule has 2 N–H and O–H groups in total. The van der Waals surface area contributed by atoms with Gasteiger partial charge in [0.2, 0.25) is 0 Å². The zero-order valence-corrected chi connectivity index (χ0v) is 18.6. The summed E-state index contributed by atoms with van der Waals surface area (Å²) in [5, 5.41) is 0.884. The van der Waals surface area contributed by atoms with Gasteiger partial charge in [-0.3, -0.25) is 9.19 Å². The molecule has 2 aromatic heterocycles. The molecule has 0 aliphatic heterocycles. The van der Waals surface area contributed by atoms with Crippen LogP contribution in [0.2, 0.25) is 0 Å². The van der Waals surface area contributed by atoms with E-state index >= 15 is 0 Å². The van der Waals surface area contributed by atoms with Crippen molar-refractivity contribution in [1.82, 2.24) is 4.98 Å². The summed E-state index contributed by atoms with van der Waals surface area (Å²) in [5.74, 6) is 1.23. The summed E-state index contributed by atoms with van der Waals surface area (Å²) in [5.41, 5.74) is 8.84. The fraction of sp³-hybridized carbons (Fsp3) is 0.240. The number of fused-ring (bicyclic) bond motifs is 1. The van der Waals surface area contributed by atoms with Crippen molar-refractivity contribution in [1.29, 1.82) is 0 Å². The molecule has 0 saturated carbocycles. The van der Waals surface area contributed by atoms with Crippen molar-refractivity contribution in [3.8, 4) is 5.75 Å². The van der Waals surface area contributed by atoms with Crippen molar-refractivity contribution in [3.63, 3.8) is 0 Å². The first-order chi connectivity index (χ1) is 15.5. The molecular weight excluding hydrogens is 427 g/mol. The third-order valence-corrected chi connectivity index (χ3v) is 6.71. The van der Waals surface area contributed by atoms with Gasteiger partial charge >= 0.3 is 0 Å². The average molecular weight is 453 g/mol. The predicted molar refractivity (Wildman–Crippen MR) is 123 cm³/mol. The second-order valence-electron chi connectivity index (χ2n) is 7.61. The number of rotatable bonds is 9. The van der Waals surface area contributed by atoms with E-state index in [-0.39, 0.29) is 17.6 Å². The molecule has 0 fully saturated rings. The molecule has 2 heterocycles. The van der Waals surface area contributed by atoms with E-state index in [1.54, 1.807) is 12.4 Å². The number of ether oxygens (including phenoxy) is 1. The minimum Gasteiger partial charge on any atom is -0.493 e. The predicted octanol–water partition coefficient (Wildman–Crippen LogP) is 5.44. The van der Waals surface area contributed by atoms with Crippen LogP contribution in [-0.2, 0) is 16.6 Å². The lowest BCUT2D eigenvalue weighted by Crippen LogP contribution is -2.12. The molecule has 0 amide bonds. The first-order valence-electron chi connectivity index (χ1n) is 10.5. The standard InChI is InChI=1S/C25H25FN2O3S/c1-17-24(16-32(29)20-11-9-19(26)10-12-20)31-23-8-2-7-22(25(17)23)30-14-4-6-21(27)18-5-3-13-28-15-18/h2-3,5,7-13,15,21H,4,6,14,16,27H2,1H3. The van der Waals surface area contributed by atoms with Gasteiger partial charge in [0.25, 0.3) is 0 Å². The Morgan fingerprint density at radius 2 is 1.97 bits per heavy atom. The van der Waals surface area contributed by atoms with Gasteiger partial charge in [-0.1, -0.05) is 12.1 Å². The highest BCUT2D eigenvalue weighted by Crippen LogP contribution is 2.34. The number of benzene rings is 2. The Labute approximate surface area is 188 Å². The van der Waals surface area contributed by atoms with Crippen molar-refractivity contribution < 1.29 is 17.8 Å². The van der Waals surface area contributed by atoms with Crippen LogP contribution in [0, 0.1) is 12.7 Å². The zero-order chi connectivity index (χ0) is 22.5. The van der Waals surface area contributed by atoms with Crippen LogP contribution in [-0.4, -0.2) is 15.8 Å². The highest BCUT2D eigenvalue weighted by Gasteiger charge is 2.18. The molecule has 0 bridgehead atoms. The lowest BCUT2D eigenvalue weighted by Gasteiger charge is -2.12. The molecule has 5 nitrogen and oxygen atoms in total. The summed E-state index contributed by atoms with van der Waals surface area (Å²) in [4.78, 5) is 4.67. The van der Waals surface area contributed by atoms with E-state index < -0.39 is 10.8 Å². The van der Waals surface area contributed by atoms with Crippen molar-refractivity contribution in [3.05, 3.63) is 89.7 Å². The Morgan fingerprint density at radius 3 is 2.72 bits per heavy atom. The first kappa shape index (κ1) is 22.2. The molecule has 0 spiro atoms. The molecule has 166 valence electrons. The number of nitrogens with two attached hydrogens (primary N) is 1. The van der Waals surface area contributed by atoms with Crippen molar-refractivity contribution in [2.45, 2.75) is 36.5 Å². The minimum atomic E-state index is -1.34. The molecule has 4 aromatic rings. The van der Waals surface area contributed by atoms with Gasteiger partial charge < -0.3 is 14.9 Å². The Morgan fingerprint density at radius 1 is 1.16 bits per heavy atom. The van der Waals surface area contributed by atoms with Crippen LogP contribution in [0.4, 0.5) is 4.39 Å². The van der Waals surface area contributed by atoms with Crippen LogP contribution in [0.5, 0.6) is 5.75 Å². The van der Waals surface area contributed by atoms with Gasteiger partial charge in [-0.15, -0.1) is 0 Å². The summed E-state index contributed by atoms with van der Waals surface area (Å²) in [6.45, 7) is 2.46. The fourth-order valence-corrected chi connectivity index (χ4v) is 4.73. The summed E-state index contributed by atoms with van der Waals surface area (Å²) >= 11 is 0. The van der Waals surface area contributed by atoms with Crippen LogP contribution in [0.15, 0.2) is 76.3 Å². The Hall–Kier alpha value is -3.03. The van der Waals surface area contributed by atoms with E-state index in [4.69, 9.17) is 14.9 Å². The van der Waals surface area contributed by atoms with E-state index in [0.29, 0.717) is 22.8 Å². The average Bonchev–Trinajstić information content (AvgIpc) is 3.13. The molecular formula is C25H25FN2O3S. The quantitative estimate of drug-likeness (QED) is 0.342. The van der Waals surface area contributed by atoms with Gasteiger partial charge in [-0.05, 0) is 67.8 Å². The van der Waals surface area contributed by atoms with Gasteiger partial charge in [-0.25, -0.2) is 4.39 Å². The number of pyridine rings is 1. The highest BCUT2D eigenvalue weighted by atomic mass is 32.2. The molecule has 2 aromatic carbocycles. The Balaban J connectivity index is 1.42. The normalized spacial score (nSPS) is 13.2. The molecule has 7 heteroatoms. The fourth-order valence-electron chi connectivity index (χ4n) is 3.61. The Kier molecular flexibility index (Phi) is 6.97. The summed E-state index contributed by atoms with van der Waals surface area (Å²) < 4.78 is 37.9. The maximum absolute atomic E-state index is 13.1. The van der Waals surface area contributed by atoms with Crippen molar-refractivity contribution in [2.24, 2.45) is 5.73 Å². The molecule has 2 unspecified atom stereocenters. The lowest BCUT2D eigenvalue weighted by molar-refractivity contribution is 0.305. The van der Waals surface area contributed by atoms with E-state index in [1.165, 1.54) is 24.3 Å². The third kappa shape index (κ3) is 5.06. The molecule has 32 heavy (non-hydrogen) atoms. The van der Waals surface area contributed by atoms with E-state index in [2.05, 4.69) is 4.98 Å². The van der Waals surface area contributed by atoms with Gasteiger partial charge in [0.05, 0.1) is 28.5 Å². The number of aryl methyl sites for hydroxylation is 1. The number of hydrogen-bond acceptors (Lipinski definition) is 5. The monoisotopic (exact) mass is 452 g/mol. The van der Waals surface area contributed by atoms with Crippen LogP contribution in [0.1, 0.15) is 35.8 Å². The number of halogens is 1. The van der Waals surface area contributed by atoms with Gasteiger partial charge in [0.1, 0.15) is 22.9 Å². The number of hydrogen-bond donors (Lipinski definition) is 1. The minimum absolute atomic E-state index is 0.0770.